The highest BCUT2D eigenvalue weighted by molar-refractivity contribution is 7.80. The summed E-state index contributed by atoms with van der Waals surface area (Å²) in [5.41, 5.74) is 0. The minimum atomic E-state index is -5.55. The number of unbranched alkanes of at least 4 members (excludes halogenated alkanes) is 25. The van der Waals surface area contributed by atoms with Crippen molar-refractivity contribution < 1.29 is 90.6 Å². The molecule has 19 nitrogen and oxygen atoms in total. The van der Waals surface area contributed by atoms with Gasteiger partial charge in [-0.25, -0.2) is 13.7 Å². The summed E-state index contributed by atoms with van der Waals surface area (Å²) in [7, 11) is -16.6. The van der Waals surface area contributed by atoms with E-state index < -0.39 is 91.3 Å². The molecule has 8 atom stereocenters. The van der Waals surface area contributed by atoms with Crippen LogP contribution in [0.5, 0.6) is 0 Å². The van der Waals surface area contributed by atoms with E-state index in [9.17, 15) is 63.1 Å². The zero-order valence-corrected chi connectivity index (χ0v) is 42.1. The van der Waals surface area contributed by atoms with Crippen LogP contribution in [0, 0.1) is 0 Å². The van der Waals surface area contributed by atoms with Gasteiger partial charge in [-0.3, -0.25) is 27.7 Å². The average Bonchev–Trinajstić information content (AvgIpc) is 3.23. The van der Waals surface area contributed by atoms with Gasteiger partial charge in [-0.15, -0.1) is 0 Å². The quantitative estimate of drug-likeness (QED) is 0.0120. The third-order valence-electron chi connectivity index (χ3n) is 11.2. The van der Waals surface area contributed by atoms with Crippen molar-refractivity contribution in [1.29, 1.82) is 0 Å². The first-order chi connectivity index (χ1) is 30.8. The van der Waals surface area contributed by atoms with E-state index in [4.69, 9.17) is 18.5 Å². The highest BCUT2D eigenvalue weighted by Crippen LogP contribution is 2.51. The molecule has 4 unspecified atom stereocenters. The van der Waals surface area contributed by atoms with E-state index in [1.807, 2.05) is 0 Å². The van der Waals surface area contributed by atoms with E-state index in [2.05, 4.69) is 28.6 Å². The lowest BCUT2D eigenvalue weighted by Gasteiger charge is -2.44. The van der Waals surface area contributed by atoms with Crippen molar-refractivity contribution in [3.8, 4) is 0 Å². The SMILES string of the molecule is CCCCCCCCCCCCCCCC(=O)O[C@H](COC(=O)CCCCCCCCCCCCCCCCS)COP(=O)(O)OC1C(O)[C@@H](OP(=O)(O)O)C(O)[C@@H](OP(=O)(O)O)[C@H]1O. The van der Waals surface area contributed by atoms with Crippen molar-refractivity contribution in [2.24, 2.45) is 0 Å². The van der Waals surface area contributed by atoms with Gasteiger partial charge in [0.2, 0.25) is 0 Å². The van der Waals surface area contributed by atoms with E-state index >= 15 is 0 Å². The molecule has 0 bridgehead atoms. The average molecular weight is 1020 g/mol. The number of hydrogen-bond donors (Lipinski definition) is 9. The van der Waals surface area contributed by atoms with Gasteiger partial charge in [0.15, 0.2) is 6.10 Å². The van der Waals surface area contributed by atoms with Gasteiger partial charge < -0.3 is 49.3 Å². The second-order valence-corrected chi connectivity index (χ2v) is 21.4. The molecular formula is C42H83O19P3S. The first-order valence-electron chi connectivity index (χ1n) is 23.9. The summed E-state index contributed by atoms with van der Waals surface area (Å²) in [6, 6.07) is 0. The summed E-state index contributed by atoms with van der Waals surface area (Å²) in [4.78, 5) is 73.2. The molecule has 1 aliphatic rings. The van der Waals surface area contributed by atoms with Gasteiger partial charge in [-0.1, -0.05) is 161 Å². The van der Waals surface area contributed by atoms with Crippen molar-refractivity contribution >= 4 is 48.0 Å². The Morgan fingerprint density at radius 3 is 1.15 bits per heavy atom. The Labute approximate surface area is 392 Å². The molecule has 65 heavy (non-hydrogen) atoms. The van der Waals surface area contributed by atoms with Gasteiger partial charge in [-0.2, -0.15) is 12.6 Å². The van der Waals surface area contributed by atoms with E-state index in [-0.39, 0.29) is 12.8 Å². The summed E-state index contributed by atoms with van der Waals surface area (Å²) in [5.74, 6) is -0.347. The largest absolute Gasteiger partial charge is 0.472 e. The van der Waals surface area contributed by atoms with E-state index in [1.54, 1.807) is 0 Å². The zero-order chi connectivity index (χ0) is 48.6. The minimum absolute atomic E-state index is 0.00280. The lowest BCUT2D eigenvalue weighted by molar-refractivity contribution is -0.213. The van der Waals surface area contributed by atoms with E-state index in [0.717, 1.165) is 63.5 Å². The summed E-state index contributed by atoms with van der Waals surface area (Å²) < 4.78 is 65.5. The first kappa shape index (κ1) is 62.5. The molecular weight excluding hydrogens is 933 g/mol. The maximum atomic E-state index is 13.1. The van der Waals surface area contributed by atoms with Crippen LogP contribution in [-0.4, -0.2) is 113 Å². The minimum Gasteiger partial charge on any atom is -0.462 e. The number of carbonyl (C=O) groups is 2. The summed E-state index contributed by atoms with van der Waals surface area (Å²) in [6.07, 6.45) is 13.7. The van der Waals surface area contributed by atoms with Crippen LogP contribution in [-0.2, 0) is 50.9 Å². The molecule has 0 aromatic carbocycles. The van der Waals surface area contributed by atoms with Crippen molar-refractivity contribution in [3.05, 3.63) is 0 Å². The highest BCUT2D eigenvalue weighted by atomic mass is 32.1. The third-order valence-corrected chi connectivity index (χ3v) is 13.6. The molecule has 23 heteroatoms. The molecule has 0 amide bonds. The molecule has 0 spiro atoms. The van der Waals surface area contributed by atoms with Gasteiger partial charge in [0.1, 0.15) is 43.2 Å². The van der Waals surface area contributed by atoms with Crippen molar-refractivity contribution in [2.75, 3.05) is 19.0 Å². The van der Waals surface area contributed by atoms with Crippen molar-refractivity contribution in [2.45, 2.75) is 236 Å². The monoisotopic (exact) mass is 1020 g/mol. The fourth-order valence-electron chi connectivity index (χ4n) is 7.63. The summed E-state index contributed by atoms with van der Waals surface area (Å²) in [6.45, 7) is 0.705. The molecule has 0 aromatic rings. The molecule has 1 saturated carbocycles. The molecule has 0 radical (unpaired) electrons. The predicted octanol–water partition coefficient (Wildman–Crippen LogP) is 8.26. The number of carbonyl (C=O) groups excluding carboxylic acids is 2. The Kier molecular flexibility index (Phi) is 35.1. The molecule has 0 aromatic heterocycles. The van der Waals surface area contributed by atoms with Crippen LogP contribution in [0.25, 0.3) is 0 Å². The number of ether oxygens (including phenoxy) is 2. The molecule has 0 heterocycles. The smallest absolute Gasteiger partial charge is 0.462 e. The Balaban J connectivity index is 2.73. The number of thiol groups is 1. The number of rotatable bonds is 42. The molecule has 0 aliphatic heterocycles. The number of aliphatic hydroxyl groups excluding tert-OH is 3. The van der Waals surface area contributed by atoms with Crippen LogP contribution < -0.4 is 0 Å². The van der Waals surface area contributed by atoms with Gasteiger partial charge in [0.25, 0.3) is 0 Å². The number of esters is 2. The van der Waals surface area contributed by atoms with Crippen LogP contribution >= 0.6 is 36.1 Å². The molecule has 1 rings (SSSR count). The molecule has 8 N–H and O–H groups in total. The number of hydrogen-bond acceptors (Lipinski definition) is 15. The fraction of sp³-hybridized carbons (Fsp3) is 0.952. The maximum absolute atomic E-state index is 13.1. The third kappa shape index (κ3) is 32.9. The van der Waals surface area contributed by atoms with E-state index in [1.165, 1.54) is 103 Å². The summed E-state index contributed by atoms with van der Waals surface area (Å²) in [5, 5.41) is 31.8. The normalized spacial score (nSPS) is 21.8. The van der Waals surface area contributed by atoms with Gasteiger partial charge in [0, 0.05) is 12.8 Å². The number of phosphoric ester groups is 3. The Morgan fingerprint density at radius 1 is 0.477 bits per heavy atom. The summed E-state index contributed by atoms with van der Waals surface area (Å²) >= 11 is 4.25. The maximum Gasteiger partial charge on any atom is 0.472 e. The van der Waals surface area contributed by atoms with Crippen LogP contribution in [0.15, 0.2) is 0 Å². The molecule has 1 fully saturated rings. The first-order valence-corrected chi connectivity index (χ1v) is 29.1. The lowest BCUT2D eigenvalue weighted by Crippen LogP contribution is -2.65. The van der Waals surface area contributed by atoms with Gasteiger partial charge in [0.05, 0.1) is 6.61 Å². The molecule has 386 valence electrons. The number of aliphatic hydroxyl groups is 3. The lowest BCUT2D eigenvalue weighted by atomic mass is 9.85. The Hall–Kier alpha value is -0.500. The van der Waals surface area contributed by atoms with Crippen molar-refractivity contribution in [3.63, 3.8) is 0 Å². The second-order valence-electron chi connectivity index (χ2n) is 17.1. The van der Waals surface area contributed by atoms with Crippen LogP contribution in [0.4, 0.5) is 0 Å². The Morgan fingerprint density at radius 2 is 0.800 bits per heavy atom. The van der Waals surface area contributed by atoms with Crippen molar-refractivity contribution in [1.82, 2.24) is 0 Å². The standard InChI is InChI=1S/C42H83O19P3S/c1-2-3-4-5-6-7-8-11-15-18-21-24-27-30-36(44)58-34(32-56-35(43)29-26-23-20-17-14-12-9-10-13-16-19-22-25-28-31-65)33-57-64(54,55)61-42-38(46)40(59-62(48,49)50)37(45)41(39(42)47)60-63(51,52)53/h34,37-42,45-47,65H,2-33H2,1H3,(H,54,55)(H2,48,49,50)(H2,51,52,53)/t34-,37?,38-,39?,40-,41+,42?/m1/s1. The van der Waals surface area contributed by atoms with E-state index in [0.29, 0.717) is 12.8 Å². The topological polar surface area (TPSA) is 303 Å². The molecule has 0 saturated heterocycles. The predicted molar refractivity (Wildman–Crippen MR) is 247 cm³/mol. The fourth-order valence-corrected chi connectivity index (χ4v) is 9.96. The molecule has 1 aliphatic carbocycles. The van der Waals surface area contributed by atoms with Crippen LogP contribution in [0.1, 0.15) is 193 Å². The van der Waals surface area contributed by atoms with Crippen LogP contribution in [0.3, 0.4) is 0 Å². The van der Waals surface area contributed by atoms with Crippen LogP contribution in [0.2, 0.25) is 0 Å². The number of phosphoric acid groups is 3. The Bertz CT molecular complexity index is 1350. The van der Waals surface area contributed by atoms with Gasteiger partial charge >= 0.3 is 35.4 Å². The zero-order valence-electron chi connectivity index (χ0n) is 38.5. The second kappa shape index (κ2) is 36.4. The van der Waals surface area contributed by atoms with Gasteiger partial charge in [-0.05, 0) is 25.0 Å². The highest BCUT2D eigenvalue weighted by Gasteiger charge is 2.56.